The monoisotopic (exact) mass is 422 g/mol. The number of hydrogen-bond donors (Lipinski definition) is 3. The van der Waals surface area contributed by atoms with E-state index in [0.29, 0.717) is 0 Å². The zero-order valence-electron chi connectivity index (χ0n) is 17.1. The van der Waals surface area contributed by atoms with Gasteiger partial charge in [0.1, 0.15) is 5.92 Å². The summed E-state index contributed by atoms with van der Waals surface area (Å²) in [4.78, 5) is 30.8. The highest BCUT2D eigenvalue weighted by molar-refractivity contribution is 5.94. The van der Waals surface area contributed by atoms with Crippen LogP contribution in [0.5, 0.6) is 0 Å². The summed E-state index contributed by atoms with van der Waals surface area (Å²) in [7, 11) is 0. The van der Waals surface area contributed by atoms with Crippen molar-refractivity contribution < 1.29 is 29.7 Å². The van der Waals surface area contributed by atoms with Crippen LogP contribution in [0.2, 0.25) is 0 Å². The molecule has 0 amide bonds. The minimum atomic E-state index is -1.31. The van der Waals surface area contributed by atoms with Crippen molar-refractivity contribution in [3.63, 3.8) is 0 Å². The minimum Gasteiger partial charge on any atom is -0.481 e. The summed E-state index contributed by atoms with van der Waals surface area (Å²) in [6.07, 6.45) is 6.59. The molecular formula is C25H26O6. The molecule has 6 heteroatoms. The Labute approximate surface area is 181 Å². The van der Waals surface area contributed by atoms with E-state index in [1.165, 1.54) is 11.6 Å². The fourth-order valence-corrected chi connectivity index (χ4v) is 2.03. The van der Waals surface area contributed by atoms with E-state index in [0.717, 1.165) is 18.1 Å². The zero-order chi connectivity index (χ0) is 23.6. The minimum absolute atomic E-state index is 0.357. The van der Waals surface area contributed by atoms with Crippen molar-refractivity contribution in [3.05, 3.63) is 115 Å². The van der Waals surface area contributed by atoms with Gasteiger partial charge < -0.3 is 15.3 Å². The lowest BCUT2D eigenvalue weighted by Crippen LogP contribution is -2.18. The van der Waals surface area contributed by atoms with Crippen LogP contribution in [0.4, 0.5) is 0 Å². The first kappa shape index (κ1) is 26.8. The predicted molar refractivity (Wildman–Crippen MR) is 122 cm³/mol. The lowest BCUT2D eigenvalue weighted by Gasteiger charge is -2.06. The molecule has 0 bridgehead atoms. The molecule has 6 nitrogen and oxygen atoms in total. The van der Waals surface area contributed by atoms with Crippen molar-refractivity contribution in [2.45, 2.75) is 6.42 Å². The van der Waals surface area contributed by atoms with E-state index in [9.17, 15) is 14.4 Å². The first-order valence-corrected chi connectivity index (χ1v) is 9.11. The van der Waals surface area contributed by atoms with Crippen LogP contribution in [0.15, 0.2) is 104 Å². The Bertz CT molecular complexity index is 898. The summed E-state index contributed by atoms with van der Waals surface area (Å²) in [5.74, 6) is -4.74. The Kier molecular flexibility index (Phi) is 13.6. The van der Waals surface area contributed by atoms with Crippen molar-refractivity contribution >= 4 is 24.0 Å². The van der Waals surface area contributed by atoms with E-state index in [2.05, 4.69) is 31.9 Å². The zero-order valence-corrected chi connectivity index (χ0v) is 17.1. The SMILES string of the molecule is C=C(C(=O)O)C(C=Cc1ccccc1)C(=O)O.C=CC(=O)O.C=CCc1ccccc1. The van der Waals surface area contributed by atoms with Crippen molar-refractivity contribution in [2.24, 2.45) is 5.92 Å². The number of carbonyl (C=O) groups is 3. The molecule has 3 N–H and O–H groups in total. The van der Waals surface area contributed by atoms with Crippen molar-refractivity contribution in [2.75, 3.05) is 0 Å². The van der Waals surface area contributed by atoms with Crippen molar-refractivity contribution in [3.8, 4) is 0 Å². The second-order valence-corrected chi connectivity index (χ2v) is 5.94. The summed E-state index contributed by atoms with van der Waals surface area (Å²) >= 11 is 0. The summed E-state index contributed by atoms with van der Waals surface area (Å²) in [6, 6.07) is 19.3. The highest BCUT2D eigenvalue weighted by atomic mass is 16.4. The Hall–Kier alpha value is -4.19. The van der Waals surface area contributed by atoms with Crippen LogP contribution in [0.25, 0.3) is 6.08 Å². The van der Waals surface area contributed by atoms with Crippen LogP contribution >= 0.6 is 0 Å². The van der Waals surface area contributed by atoms with Gasteiger partial charge in [-0.05, 0) is 17.5 Å². The summed E-state index contributed by atoms with van der Waals surface area (Å²) in [5.41, 5.74) is 1.77. The molecule has 0 aromatic heterocycles. The van der Waals surface area contributed by atoms with E-state index in [-0.39, 0.29) is 5.57 Å². The second-order valence-electron chi connectivity index (χ2n) is 5.94. The van der Waals surface area contributed by atoms with Crippen LogP contribution in [0.3, 0.4) is 0 Å². The van der Waals surface area contributed by atoms with Crippen LogP contribution in [0.1, 0.15) is 11.1 Å². The molecule has 0 heterocycles. The third-order valence-electron chi connectivity index (χ3n) is 3.59. The number of carboxylic acids is 3. The quantitative estimate of drug-likeness (QED) is 0.419. The van der Waals surface area contributed by atoms with Gasteiger partial charge in [-0.2, -0.15) is 0 Å². The van der Waals surface area contributed by atoms with Crippen LogP contribution in [-0.4, -0.2) is 33.2 Å². The third-order valence-corrected chi connectivity index (χ3v) is 3.59. The van der Waals surface area contributed by atoms with Gasteiger partial charge in [0.05, 0.1) is 0 Å². The van der Waals surface area contributed by atoms with Crippen molar-refractivity contribution in [1.82, 2.24) is 0 Å². The molecule has 2 rings (SSSR count). The van der Waals surface area contributed by atoms with E-state index < -0.39 is 23.8 Å². The van der Waals surface area contributed by atoms with E-state index in [4.69, 9.17) is 15.3 Å². The molecular weight excluding hydrogens is 396 g/mol. The van der Waals surface area contributed by atoms with E-state index >= 15 is 0 Å². The first-order valence-electron chi connectivity index (χ1n) is 9.11. The van der Waals surface area contributed by atoms with Gasteiger partial charge >= 0.3 is 17.9 Å². The van der Waals surface area contributed by atoms with Gasteiger partial charge in [-0.15, -0.1) is 6.58 Å². The Morgan fingerprint density at radius 2 is 1.35 bits per heavy atom. The van der Waals surface area contributed by atoms with Gasteiger partial charge in [-0.1, -0.05) is 92.0 Å². The van der Waals surface area contributed by atoms with Crippen LogP contribution in [-0.2, 0) is 20.8 Å². The topological polar surface area (TPSA) is 112 Å². The molecule has 2 aromatic rings. The number of carboxylic acid groups (broad SMARTS) is 3. The molecule has 0 aliphatic rings. The Balaban J connectivity index is 0.000000533. The van der Waals surface area contributed by atoms with E-state index in [1.807, 2.05) is 42.5 Å². The van der Waals surface area contributed by atoms with Crippen LogP contribution < -0.4 is 0 Å². The molecule has 0 aliphatic carbocycles. The summed E-state index contributed by atoms with van der Waals surface area (Å²) in [6.45, 7) is 9.87. The molecule has 162 valence electrons. The lowest BCUT2D eigenvalue weighted by atomic mass is 9.99. The molecule has 0 aliphatic heterocycles. The standard InChI is InChI=1S/C13H12O4.C9H10.C3H4O2/c1-9(12(14)15)11(13(16)17)8-7-10-5-3-2-4-6-10;1-2-6-9-7-4-3-5-8-9;1-2-3(4)5/h2-8,11H,1H2,(H,14,15)(H,16,17);2-5,7-8H,1,6H2;2H,1H2,(H,4,5). The first-order chi connectivity index (χ1) is 14.7. The second kappa shape index (κ2) is 15.7. The fraction of sp³-hybridized carbons (Fsp3) is 0.0800. The van der Waals surface area contributed by atoms with Crippen molar-refractivity contribution in [1.29, 1.82) is 0 Å². The molecule has 0 radical (unpaired) electrons. The highest BCUT2D eigenvalue weighted by Gasteiger charge is 2.22. The average molecular weight is 422 g/mol. The van der Waals surface area contributed by atoms with Gasteiger partial charge in [0.25, 0.3) is 0 Å². The normalized spacial score (nSPS) is 10.3. The molecule has 0 fully saturated rings. The number of benzene rings is 2. The summed E-state index contributed by atoms with van der Waals surface area (Å²) < 4.78 is 0. The summed E-state index contributed by atoms with van der Waals surface area (Å²) in [5, 5.41) is 25.2. The number of hydrogen-bond acceptors (Lipinski definition) is 3. The molecule has 1 unspecified atom stereocenters. The number of rotatable bonds is 8. The van der Waals surface area contributed by atoms with Gasteiger partial charge in [0.15, 0.2) is 0 Å². The van der Waals surface area contributed by atoms with E-state index in [1.54, 1.807) is 18.2 Å². The Morgan fingerprint density at radius 1 is 0.871 bits per heavy atom. The molecule has 0 spiro atoms. The largest absolute Gasteiger partial charge is 0.481 e. The maximum atomic E-state index is 10.9. The fourth-order valence-electron chi connectivity index (χ4n) is 2.03. The predicted octanol–water partition coefficient (Wildman–Crippen LogP) is 4.71. The molecule has 0 saturated carbocycles. The maximum Gasteiger partial charge on any atom is 0.332 e. The van der Waals surface area contributed by atoms with Gasteiger partial charge in [0.2, 0.25) is 0 Å². The van der Waals surface area contributed by atoms with Gasteiger partial charge in [0, 0.05) is 11.6 Å². The molecule has 2 aromatic carbocycles. The highest BCUT2D eigenvalue weighted by Crippen LogP contribution is 2.14. The number of allylic oxidation sites excluding steroid dienone is 1. The number of aliphatic carboxylic acids is 3. The smallest absolute Gasteiger partial charge is 0.332 e. The maximum absolute atomic E-state index is 10.9. The molecule has 31 heavy (non-hydrogen) atoms. The van der Waals surface area contributed by atoms with Gasteiger partial charge in [-0.25, -0.2) is 9.59 Å². The Morgan fingerprint density at radius 3 is 1.74 bits per heavy atom. The lowest BCUT2D eigenvalue weighted by molar-refractivity contribution is -0.142. The average Bonchev–Trinajstić information content (AvgIpc) is 2.76. The van der Waals surface area contributed by atoms with Gasteiger partial charge in [-0.3, -0.25) is 4.79 Å². The van der Waals surface area contributed by atoms with Crippen LogP contribution in [0, 0.1) is 5.92 Å². The molecule has 0 saturated heterocycles. The molecule has 1 atom stereocenters. The third kappa shape index (κ3) is 12.8.